The average Bonchev–Trinajstić information content (AvgIpc) is 3.06. The Kier molecular flexibility index (Phi) is 6.03. The number of carbonyl (C=O) groups is 1. The van der Waals surface area contributed by atoms with Crippen LogP contribution in [0.25, 0.3) is 0 Å². The molecule has 134 valence electrons. The summed E-state index contributed by atoms with van der Waals surface area (Å²) in [6.45, 7) is 5.71. The number of anilines is 1. The molecule has 3 rings (SSSR count). The molecule has 0 bridgehead atoms. The number of rotatable bonds is 5. The molecule has 6 nitrogen and oxygen atoms in total. The van der Waals surface area contributed by atoms with Crippen LogP contribution < -0.4 is 4.90 Å². The zero-order valence-electron chi connectivity index (χ0n) is 14.4. The van der Waals surface area contributed by atoms with Crippen molar-refractivity contribution in [3.05, 3.63) is 39.3 Å². The summed E-state index contributed by atoms with van der Waals surface area (Å²) in [5.41, 5.74) is 0. The van der Waals surface area contributed by atoms with Crippen LogP contribution in [-0.2, 0) is 11.3 Å². The minimum atomic E-state index is -0.139. The van der Waals surface area contributed by atoms with Crippen molar-refractivity contribution in [1.29, 1.82) is 0 Å². The molecule has 0 aromatic carbocycles. The number of hydrogen-bond donors (Lipinski definition) is 0. The smallest absolute Gasteiger partial charge is 0.239 e. The Bertz CT molecular complexity index is 702. The van der Waals surface area contributed by atoms with Crippen LogP contribution >= 0.6 is 27.3 Å². The van der Waals surface area contributed by atoms with Crippen molar-refractivity contribution in [3.8, 4) is 0 Å². The average molecular weight is 424 g/mol. The van der Waals surface area contributed by atoms with Crippen molar-refractivity contribution in [2.75, 3.05) is 38.1 Å². The molecule has 1 amide bonds. The summed E-state index contributed by atoms with van der Waals surface area (Å²) in [6, 6.07) is 5.82. The van der Waals surface area contributed by atoms with E-state index in [0.29, 0.717) is 13.1 Å². The zero-order valence-corrected chi connectivity index (χ0v) is 16.8. The maximum absolute atomic E-state index is 12.8. The number of piperazine rings is 1. The minimum absolute atomic E-state index is 0.139. The lowest BCUT2D eigenvalue weighted by molar-refractivity contribution is -0.136. The number of hydrogen-bond acceptors (Lipinski definition) is 6. The zero-order chi connectivity index (χ0) is 17.8. The van der Waals surface area contributed by atoms with Crippen molar-refractivity contribution in [2.24, 2.45) is 0 Å². The third-order valence-electron chi connectivity index (χ3n) is 4.48. The van der Waals surface area contributed by atoms with Gasteiger partial charge in [0.2, 0.25) is 11.9 Å². The van der Waals surface area contributed by atoms with Gasteiger partial charge in [-0.3, -0.25) is 9.69 Å². The minimum Gasteiger partial charge on any atom is -0.338 e. The first-order valence-electron chi connectivity index (χ1n) is 8.30. The van der Waals surface area contributed by atoms with E-state index in [4.69, 9.17) is 0 Å². The van der Waals surface area contributed by atoms with Crippen LogP contribution in [0.1, 0.15) is 11.8 Å². The van der Waals surface area contributed by atoms with Crippen molar-refractivity contribution >= 4 is 39.1 Å². The molecule has 8 heteroatoms. The van der Waals surface area contributed by atoms with Crippen LogP contribution in [0.4, 0.5) is 5.95 Å². The highest BCUT2D eigenvalue weighted by molar-refractivity contribution is 9.11. The van der Waals surface area contributed by atoms with Gasteiger partial charge in [-0.05, 0) is 48.1 Å². The van der Waals surface area contributed by atoms with Crippen LogP contribution in [0.5, 0.6) is 0 Å². The second-order valence-electron chi connectivity index (χ2n) is 6.16. The third kappa shape index (κ3) is 4.56. The summed E-state index contributed by atoms with van der Waals surface area (Å²) in [5.74, 6) is 0.926. The van der Waals surface area contributed by atoms with Gasteiger partial charge in [-0.25, -0.2) is 9.97 Å². The number of carbonyl (C=O) groups excluding carboxylic acids is 1. The third-order valence-corrected chi connectivity index (χ3v) is 6.09. The quantitative estimate of drug-likeness (QED) is 0.738. The summed E-state index contributed by atoms with van der Waals surface area (Å²) >= 11 is 5.19. The number of aromatic nitrogens is 2. The Morgan fingerprint density at radius 3 is 2.56 bits per heavy atom. The van der Waals surface area contributed by atoms with Gasteiger partial charge >= 0.3 is 0 Å². The summed E-state index contributed by atoms with van der Waals surface area (Å²) in [4.78, 5) is 28.8. The highest BCUT2D eigenvalue weighted by atomic mass is 79.9. The second-order valence-corrected chi connectivity index (χ2v) is 8.71. The summed E-state index contributed by atoms with van der Waals surface area (Å²) in [6.07, 6.45) is 3.50. The van der Waals surface area contributed by atoms with Gasteiger partial charge < -0.3 is 9.80 Å². The SMILES string of the molecule is CC(C(=O)N1CCN(c2ncccn2)CC1)N(C)Cc1ccc(Br)s1. The molecule has 3 heterocycles. The second kappa shape index (κ2) is 8.25. The number of nitrogens with zero attached hydrogens (tertiary/aromatic N) is 5. The van der Waals surface area contributed by atoms with Crippen molar-refractivity contribution in [1.82, 2.24) is 19.8 Å². The standard InChI is InChI=1S/C17H22BrN5OS/c1-13(21(2)12-14-4-5-15(18)25-14)16(24)22-8-10-23(11-9-22)17-19-6-3-7-20-17/h3-7,13H,8-12H2,1-2H3. The molecule has 0 N–H and O–H groups in total. The van der Waals surface area contributed by atoms with Gasteiger partial charge in [-0.2, -0.15) is 0 Å². The van der Waals surface area contributed by atoms with E-state index in [0.717, 1.165) is 29.4 Å². The topological polar surface area (TPSA) is 52.6 Å². The summed E-state index contributed by atoms with van der Waals surface area (Å²) < 4.78 is 1.12. The molecule has 1 fully saturated rings. The summed E-state index contributed by atoms with van der Waals surface area (Å²) in [5, 5.41) is 0. The van der Waals surface area contributed by atoms with Gasteiger partial charge in [0.05, 0.1) is 9.83 Å². The Morgan fingerprint density at radius 1 is 1.28 bits per heavy atom. The van der Waals surface area contributed by atoms with E-state index in [1.54, 1.807) is 23.7 Å². The highest BCUT2D eigenvalue weighted by Gasteiger charge is 2.27. The lowest BCUT2D eigenvalue weighted by atomic mass is 10.2. The fraction of sp³-hybridized carbons (Fsp3) is 0.471. The van der Waals surface area contributed by atoms with Crippen LogP contribution in [-0.4, -0.2) is 64.9 Å². The van der Waals surface area contributed by atoms with E-state index in [1.807, 2.05) is 31.0 Å². The van der Waals surface area contributed by atoms with Gasteiger partial charge in [0.15, 0.2) is 0 Å². The number of likely N-dealkylation sites (N-methyl/N-ethyl adjacent to an activating group) is 1. The first kappa shape index (κ1) is 18.3. The Labute approximate surface area is 160 Å². The van der Waals surface area contributed by atoms with Crippen molar-refractivity contribution in [2.45, 2.75) is 19.5 Å². The van der Waals surface area contributed by atoms with Gasteiger partial charge in [-0.1, -0.05) is 0 Å². The predicted molar refractivity (Wildman–Crippen MR) is 104 cm³/mol. The molecule has 1 atom stereocenters. The Hall–Kier alpha value is -1.51. The van der Waals surface area contributed by atoms with E-state index in [1.165, 1.54) is 4.88 Å². The predicted octanol–water partition coefficient (Wildman–Crippen LogP) is 2.47. The number of halogens is 1. The highest BCUT2D eigenvalue weighted by Crippen LogP contribution is 2.23. The molecule has 2 aromatic heterocycles. The Morgan fingerprint density at radius 2 is 1.96 bits per heavy atom. The van der Waals surface area contributed by atoms with E-state index < -0.39 is 0 Å². The molecule has 0 spiro atoms. The van der Waals surface area contributed by atoms with Crippen LogP contribution in [0.2, 0.25) is 0 Å². The molecule has 0 saturated carbocycles. The molecular formula is C17H22BrN5OS. The molecule has 1 aliphatic heterocycles. The largest absolute Gasteiger partial charge is 0.338 e. The molecule has 0 radical (unpaired) electrons. The maximum atomic E-state index is 12.8. The molecule has 1 saturated heterocycles. The lowest BCUT2D eigenvalue weighted by Crippen LogP contribution is -2.53. The van der Waals surface area contributed by atoms with Crippen LogP contribution in [0.15, 0.2) is 34.4 Å². The van der Waals surface area contributed by atoms with E-state index in [9.17, 15) is 4.79 Å². The fourth-order valence-electron chi connectivity index (χ4n) is 2.85. The monoisotopic (exact) mass is 423 g/mol. The maximum Gasteiger partial charge on any atom is 0.239 e. The number of thiophene rings is 1. The molecule has 1 unspecified atom stereocenters. The first-order chi connectivity index (χ1) is 12.0. The fourth-order valence-corrected chi connectivity index (χ4v) is 4.40. The van der Waals surface area contributed by atoms with E-state index >= 15 is 0 Å². The number of amides is 1. The van der Waals surface area contributed by atoms with E-state index in [2.05, 4.69) is 41.8 Å². The van der Waals surface area contributed by atoms with Crippen molar-refractivity contribution < 1.29 is 4.79 Å². The molecule has 2 aromatic rings. The van der Waals surface area contributed by atoms with Gasteiger partial charge in [0, 0.05) is 50.0 Å². The molecule has 0 aliphatic carbocycles. The van der Waals surface area contributed by atoms with Gasteiger partial charge in [0.1, 0.15) is 0 Å². The molecule has 25 heavy (non-hydrogen) atoms. The molecular weight excluding hydrogens is 402 g/mol. The van der Waals surface area contributed by atoms with Crippen molar-refractivity contribution in [3.63, 3.8) is 0 Å². The lowest BCUT2D eigenvalue weighted by Gasteiger charge is -2.37. The van der Waals surface area contributed by atoms with E-state index in [-0.39, 0.29) is 11.9 Å². The molecule has 1 aliphatic rings. The summed E-state index contributed by atoms with van der Waals surface area (Å²) in [7, 11) is 2.00. The Balaban J connectivity index is 1.53. The first-order valence-corrected chi connectivity index (χ1v) is 9.91. The van der Waals surface area contributed by atoms with Crippen LogP contribution in [0.3, 0.4) is 0 Å². The van der Waals surface area contributed by atoms with Crippen LogP contribution in [0, 0.1) is 0 Å². The van der Waals surface area contributed by atoms with Gasteiger partial charge in [0.25, 0.3) is 0 Å². The normalized spacial score (nSPS) is 16.3. The van der Waals surface area contributed by atoms with Gasteiger partial charge in [-0.15, -0.1) is 11.3 Å².